The van der Waals surface area contributed by atoms with Crippen LogP contribution in [0, 0.1) is 11.8 Å². The van der Waals surface area contributed by atoms with Gasteiger partial charge in [-0.3, -0.25) is 0 Å². The number of rotatable bonds is 7. The lowest BCUT2D eigenvalue weighted by molar-refractivity contribution is 0.509. The molecule has 0 saturated heterocycles. The number of aromatic nitrogens is 4. The number of anilines is 1. The van der Waals surface area contributed by atoms with Gasteiger partial charge in [-0.15, -0.1) is 0 Å². The third kappa shape index (κ3) is 4.30. The van der Waals surface area contributed by atoms with Gasteiger partial charge in [0.25, 0.3) is 0 Å². The van der Waals surface area contributed by atoms with Crippen LogP contribution in [0.5, 0.6) is 0 Å². The second-order valence-corrected chi connectivity index (χ2v) is 6.61. The number of hydrogen-bond donors (Lipinski definition) is 1. The normalized spacial score (nSPS) is 11.5. The van der Waals surface area contributed by atoms with Crippen molar-refractivity contribution in [3.63, 3.8) is 0 Å². The van der Waals surface area contributed by atoms with Crippen LogP contribution in [-0.4, -0.2) is 18.9 Å². The molecule has 2 heterocycles. The number of imidazole rings is 1. The van der Waals surface area contributed by atoms with Crippen molar-refractivity contribution in [1.29, 1.82) is 0 Å². The summed E-state index contributed by atoms with van der Waals surface area (Å²) in [6.07, 6.45) is 4.81. The standard InChI is InChI=1S/C14H23N5S/c1-10(2)7-12-17-14(20-18-12)16-8-13-15-5-6-19(13)9-11(3)4/h5-6,10-11H,7-9H2,1-4H3,(H,16,17,18). The van der Waals surface area contributed by atoms with Crippen LogP contribution in [0.2, 0.25) is 0 Å². The van der Waals surface area contributed by atoms with Gasteiger partial charge in [-0.1, -0.05) is 27.7 Å². The van der Waals surface area contributed by atoms with Crippen LogP contribution < -0.4 is 5.32 Å². The summed E-state index contributed by atoms with van der Waals surface area (Å²) in [6, 6.07) is 0. The first-order valence-electron chi connectivity index (χ1n) is 7.11. The van der Waals surface area contributed by atoms with Crippen LogP contribution in [0.4, 0.5) is 5.13 Å². The molecule has 0 atom stereocenters. The van der Waals surface area contributed by atoms with Crippen molar-refractivity contribution in [3.8, 4) is 0 Å². The summed E-state index contributed by atoms with van der Waals surface area (Å²) in [6.45, 7) is 10.5. The molecular weight excluding hydrogens is 270 g/mol. The lowest BCUT2D eigenvalue weighted by atomic mass is 10.1. The molecule has 1 N–H and O–H groups in total. The first-order chi connectivity index (χ1) is 9.54. The van der Waals surface area contributed by atoms with Gasteiger partial charge in [0.15, 0.2) is 0 Å². The molecule has 110 valence electrons. The van der Waals surface area contributed by atoms with Gasteiger partial charge in [-0.05, 0) is 11.8 Å². The Morgan fingerprint density at radius 1 is 1.25 bits per heavy atom. The summed E-state index contributed by atoms with van der Waals surface area (Å²) in [5.74, 6) is 3.17. The Kier molecular flexibility index (Phi) is 5.11. The summed E-state index contributed by atoms with van der Waals surface area (Å²) in [5.41, 5.74) is 0. The molecule has 2 aromatic rings. The number of nitrogens with one attached hydrogen (secondary N) is 1. The molecule has 5 nitrogen and oxygen atoms in total. The molecule has 0 amide bonds. The third-order valence-electron chi connectivity index (χ3n) is 2.82. The average Bonchev–Trinajstić information content (AvgIpc) is 2.95. The predicted molar refractivity (Wildman–Crippen MR) is 82.8 cm³/mol. The highest BCUT2D eigenvalue weighted by Crippen LogP contribution is 2.15. The van der Waals surface area contributed by atoms with Crippen LogP contribution >= 0.6 is 11.5 Å². The SMILES string of the molecule is CC(C)Cc1nsc(NCc2nccn2CC(C)C)n1. The van der Waals surface area contributed by atoms with Crippen molar-refractivity contribution in [1.82, 2.24) is 18.9 Å². The highest BCUT2D eigenvalue weighted by molar-refractivity contribution is 7.09. The summed E-state index contributed by atoms with van der Waals surface area (Å²) < 4.78 is 6.56. The van der Waals surface area contributed by atoms with E-state index in [4.69, 9.17) is 0 Å². The molecule has 0 bridgehead atoms. The minimum Gasteiger partial charge on any atom is -0.353 e. The zero-order valence-electron chi connectivity index (χ0n) is 12.6. The van der Waals surface area contributed by atoms with E-state index >= 15 is 0 Å². The average molecular weight is 293 g/mol. The molecule has 0 unspecified atom stereocenters. The monoisotopic (exact) mass is 293 g/mol. The minimum absolute atomic E-state index is 0.586. The Hall–Kier alpha value is -1.43. The van der Waals surface area contributed by atoms with E-state index in [9.17, 15) is 0 Å². The maximum absolute atomic E-state index is 4.50. The summed E-state index contributed by atoms with van der Waals surface area (Å²) in [4.78, 5) is 8.90. The Morgan fingerprint density at radius 3 is 2.75 bits per heavy atom. The van der Waals surface area contributed by atoms with Gasteiger partial charge >= 0.3 is 0 Å². The molecule has 2 aromatic heterocycles. The topological polar surface area (TPSA) is 55.6 Å². The largest absolute Gasteiger partial charge is 0.353 e. The lowest BCUT2D eigenvalue weighted by Gasteiger charge is -2.10. The Bertz CT molecular complexity index is 529. The van der Waals surface area contributed by atoms with Crippen LogP contribution in [-0.2, 0) is 19.5 Å². The molecule has 20 heavy (non-hydrogen) atoms. The van der Waals surface area contributed by atoms with Gasteiger partial charge in [0.2, 0.25) is 5.13 Å². The Morgan fingerprint density at radius 2 is 2.05 bits per heavy atom. The van der Waals surface area contributed by atoms with Crippen molar-refractivity contribution in [2.75, 3.05) is 5.32 Å². The van der Waals surface area contributed by atoms with Gasteiger partial charge in [0, 0.05) is 36.9 Å². The van der Waals surface area contributed by atoms with Crippen molar-refractivity contribution in [2.24, 2.45) is 11.8 Å². The molecule has 0 aliphatic carbocycles. The second kappa shape index (κ2) is 6.83. The molecule has 0 aliphatic heterocycles. The first kappa shape index (κ1) is 15.0. The van der Waals surface area contributed by atoms with Gasteiger partial charge in [-0.2, -0.15) is 4.37 Å². The fraction of sp³-hybridized carbons (Fsp3) is 0.643. The lowest BCUT2D eigenvalue weighted by Crippen LogP contribution is -2.11. The molecule has 0 radical (unpaired) electrons. The molecule has 0 fully saturated rings. The zero-order valence-corrected chi connectivity index (χ0v) is 13.4. The van der Waals surface area contributed by atoms with Gasteiger partial charge < -0.3 is 9.88 Å². The van der Waals surface area contributed by atoms with E-state index in [0.29, 0.717) is 18.4 Å². The van der Waals surface area contributed by atoms with Crippen molar-refractivity contribution in [3.05, 3.63) is 24.0 Å². The highest BCUT2D eigenvalue weighted by Gasteiger charge is 2.08. The smallest absolute Gasteiger partial charge is 0.202 e. The van der Waals surface area contributed by atoms with Crippen molar-refractivity contribution in [2.45, 2.75) is 47.2 Å². The van der Waals surface area contributed by atoms with E-state index in [2.05, 4.69) is 51.9 Å². The highest BCUT2D eigenvalue weighted by atomic mass is 32.1. The van der Waals surface area contributed by atoms with E-state index in [0.717, 1.165) is 29.7 Å². The van der Waals surface area contributed by atoms with Crippen LogP contribution in [0.3, 0.4) is 0 Å². The van der Waals surface area contributed by atoms with Gasteiger partial charge in [0.05, 0.1) is 6.54 Å². The van der Waals surface area contributed by atoms with E-state index in [1.165, 1.54) is 11.5 Å². The van der Waals surface area contributed by atoms with E-state index in [-0.39, 0.29) is 0 Å². The van der Waals surface area contributed by atoms with Crippen LogP contribution in [0.15, 0.2) is 12.4 Å². The molecular formula is C14H23N5S. The summed E-state index contributed by atoms with van der Waals surface area (Å²) in [5, 5.41) is 4.19. The number of nitrogens with zero attached hydrogens (tertiary/aromatic N) is 4. The first-order valence-corrected chi connectivity index (χ1v) is 7.88. The maximum Gasteiger partial charge on any atom is 0.202 e. The molecule has 0 spiro atoms. The second-order valence-electron chi connectivity index (χ2n) is 5.86. The summed E-state index contributed by atoms with van der Waals surface area (Å²) >= 11 is 1.42. The van der Waals surface area contributed by atoms with E-state index < -0.39 is 0 Å². The fourth-order valence-electron chi connectivity index (χ4n) is 2.00. The number of hydrogen-bond acceptors (Lipinski definition) is 5. The molecule has 0 saturated carbocycles. The van der Waals surface area contributed by atoms with Crippen LogP contribution in [0.25, 0.3) is 0 Å². The molecule has 6 heteroatoms. The quantitative estimate of drug-likeness (QED) is 0.851. The molecule has 2 rings (SSSR count). The molecule has 0 aliphatic rings. The Labute approximate surface area is 124 Å². The van der Waals surface area contributed by atoms with Gasteiger partial charge in [-0.25, -0.2) is 9.97 Å². The minimum atomic E-state index is 0.586. The zero-order chi connectivity index (χ0) is 14.5. The molecule has 0 aromatic carbocycles. The predicted octanol–water partition coefficient (Wildman–Crippen LogP) is 3.20. The Balaban J connectivity index is 1.92. The summed E-state index contributed by atoms with van der Waals surface area (Å²) in [7, 11) is 0. The van der Waals surface area contributed by atoms with Crippen molar-refractivity contribution < 1.29 is 0 Å². The van der Waals surface area contributed by atoms with Crippen LogP contribution in [0.1, 0.15) is 39.3 Å². The third-order valence-corrected chi connectivity index (χ3v) is 3.53. The van der Waals surface area contributed by atoms with Gasteiger partial charge in [0.1, 0.15) is 11.6 Å². The van der Waals surface area contributed by atoms with E-state index in [1.807, 2.05) is 12.4 Å². The van der Waals surface area contributed by atoms with Crippen molar-refractivity contribution >= 4 is 16.7 Å². The van der Waals surface area contributed by atoms with E-state index in [1.54, 1.807) is 0 Å². The maximum atomic E-state index is 4.50. The fourth-order valence-corrected chi connectivity index (χ4v) is 2.59.